The Bertz CT molecular complexity index is 627. The number of nitrogens with one attached hydrogen (secondary N) is 1. The van der Waals surface area contributed by atoms with Crippen molar-refractivity contribution in [1.29, 1.82) is 0 Å². The average Bonchev–Trinajstić information content (AvgIpc) is 2.85. The lowest BCUT2D eigenvalue weighted by Gasteiger charge is -2.14. The van der Waals surface area contributed by atoms with Crippen molar-refractivity contribution >= 4 is 33.4 Å². The van der Waals surface area contributed by atoms with Crippen LogP contribution in [0.3, 0.4) is 0 Å². The van der Waals surface area contributed by atoms with Crippen LogP contribution in [-0.2, 0) is 0 Å². The Kier molecular flexibility index (Phi) is 4.73. The third-order valence-electron chi connectivity index (χ3n) is 2.82. The van der Waals surface area contributed by atoms with E-state index in [1.165, 1.54) is 12.1 Å². The molecule has 6 heteroatoms. The minimum atomic E-state index is -0.309. The van der Waals surface area contributed by atoms with Crippen molar-refractivity contribution in [3.63, 3.8) is 0 Å². The normalized spacial score (nSPS) is 12.0. The monoisotopic (exact) mass is 357 g/mol. The van der Waals surface area contributed by atoms with Crippen LogP contribution < -0.4 is 10.1 Å². The Morgan fingerprint density at radius 3 is 2.70 bits per heavy atom. The van der Waals surface area contributed by atoms with E-state index >= 15 is 0 Å². The van der Waals surface area contributed by atoms with Gasteiger partial charge in [0.15, 0.2) is 11.0 Å². The first-order valence-corrected chi connectivity index (χ1v) is 7.08. The Morgan fingerprint density at radius 2 is 2.15 bits per heavy atom. The second-order valence-corrected chi connectivity index (χ2v) is 5.42. The maximum absolute atomic E-state index is 11.9. The number of ether oxygens (including phenoxy) is 1. The lowest BCUT2D eigenvalue weighted by atomic mass is 10.1. The van der Waals surface area contributed by atoms with Crippen LogP contribution in [0.4, 0.5) is 0 Å². The van der Waals surface area contributed by atoms with Crippen LogP contribution in [-0.4, -0.2) is 13.0 Å². The maximum Gasteiger partial charge on any atom is 0.287 e. The summed E-state index contributed by atoms with van der Waals surface area (Å²) in [5, 5.41) is 3.03. The number of hydrogen-bond donors (Lipinski definition) is 1. The Balaban J connectivity index is 2.10. The van der Waals surface area contributed by atoms with E-state index in [1.807, 2.05) is 25.1 Å². The van der Waals surface area contributed by atoms with E-state index in [0.717, 1.165) is 15.8 Å². The van der Waals surface area contributed by atoms with Crippen LogP contribution >= 0.6 is 27.5 Å². The van der Waals surface area contributed by atoms with Gasteiger partial charge in [0.1, 0.15) is 5.75 Å². The number of benzene rings is 1. The predicted octanol–water partition coefficient (Wildman–Crippen LogP) is 4.20. The minimum Gasteiger partial charge on any atom is -0.496 e. The molecule has 1 amide bonds. The Hall–Kier alpha value is -1.46. The van der Waals surface area contributed by atoms with Gasteiger partial charge in [-0.3, -0.25) is 4.79 Å². The lowest BCUT2D eigenvalue weighted by Crippen LogP contribution is -2.26. The molecule has 1 atom stereocenters. The quantitative estimate of drug-likeness (QED) is 0.891. The number of furan rings is 1. The van der Waals surface area contributed by atoms with E-state index in [2.05, 4.69) is 21.2 Å². The van der Waals surface area contributed by atoms with E-state index in [9.17, 15) is 4.79 Å². The van der Waals surface area contributed by atoms with Crippen molar-refractivity contribution in [2.24, 2.45) is 0 Å². The number of carbonyl (C=O) groups excluding carboxylic acids is 1. The lowest BCUT2D eigenvalue weighted by molar-refractivity contribution is 0.0912. The third-order valence-corrected chi connectivity index (χ3v) is 3.64. The van der Waals surface area contributed by atoms with Gasteiger partial charge in [0.05, 0.1) is 17.6 Å². The highest BCUT2D eigenvalue weighted by Crippen LogP contribution is 2.28. The van der Waals surface area contributed by atoms with Crippen LogP contribution in [0.5, 0.6) is 5.75 Å². The van der Waals surface area contributed by atoms with Gasteiger partial charge in [-0.25, -0.2) is 0 Å². The summed E-state index contributed by atoms with van der Waals surface area (Å²) in [5.41, 5.74) is 0.948. The van der Waals surface area contributed by atoms with Gasteiger partial charge in [0, 0.05) is 0 Å². The molecule has 2 rings (SSSR count). The number of rotatable bonds is 4. The summed E-state index contributed by atoms with van der Waals surface area (Å²) in [6, 6.07) is 8.53. The maximum atomic E-state index is 11.9. The number of hydrogen-bond acceptors (Lipinski definition) is 3. The SMILES string of the molecule is COc1ccc(C(C)NC(=O)c2ccc(Cl)o2)cc1Br. The molecule has 4 nitrogen and oxygen atoms in total. The van der Waals surface area contributed by atoms with E-state index in [-0.39, 0.29) is 22.9 Å². The third kappa shape index (κ3) is 3.35. The highest BCUT2D eigenvalue weighted by Gasteiger charge is 2.15. The second-order valence-electron chi connectivity index (χ2n) is 4.19. The van der Waals surface area contributed by atoms with Gasteiger partial charge in [-0.05, 0) is 64.3 Å². The second kappa shape index (κ2) is 6.33. The molecule has 0 saturated carbocycles. The van der Waals surface area contributed by atoms with E-state index in [0.29, 0.717) is 0 Å². The fourth-order valence-electron chi connectivity index (χ4n) is 1.74. The molecule has 1 aromatic carbocycles. The van der Waals surface area contributed by atoms with Crippen molar-refractivity contribution in [1.82, 2.24) is 5.32 Å². The van der Waals surface area contributed by atoms with Gasteiger partial charge in [0.25, 0.3) is 5.91 Å². The molecule has 20 heavy (non-hydrogen) atoms. The van der Waals surface area contributed by atoms with Crippen molar-refractivity contribution in [3.05, 3.63) is 51.3 Å². The van der Waals surface area contributed by atoms with Gasteiger partial charge in [-0.2, -0.15) is 0 Å². The largest absolute Gasteiger partial charge is 0.496 e. The van der Waals surface area contributed by atoms with Gasteiger partial charge >= 0.3 is 0 Å². The van der Waals surface area contributed by atoms with Crippen molar-refractivity contribution < 1.29 is 13.9 Å². The number of halogens is 2. The number of amides is 1. The molecule has 0 aliphatic carbocycles. The fourth-order valence-corrected chi connectivity index (χ4v) is 2.44. The molecule has 0 bridgehead atoms. The van der Waals surface area contributed by atoms with Gasteiger partial charge in [-0.15, -0.1) is 0 Å². The number of methoxy groups -OCH3 is 1. The standard InChI is InChI=1S/C14H13BrClNO3/c1-8(9-3-4-11(19-2)10(15)7-9)17-14(18)12-5-6-13(16)20-12/h3-8H,1-2H3,(H,17,18). The highest BCUT2D eigenvalue weighted by atomic mass is 79.9. The van der Waals surface area contributed by atoms with E-state index in [4.69, 9.17) is 20.8 Å². The summed E-state index contributed by atoms with van der Waals surface area (Å²) in [4.78, 5) is 11.9. The molecular formula is C14H13BrClNO3. The smallest absolute Gasteiger partial charge is 0.287 e. The first-order chi connectivity index (χ1) is 9.51. The van der Waals surface area contributed by atoms with Gasteiger partial charge < -0.3 is 14.5 Å². The van der Waals surface area contributed by atoms with E-state index in [1.54, 1.807) is 7.11 Å². The van der Waals surface area contributed by atoms with Crippen molar-refractivity contribution in [2.75, 3.05) is 7.11 Å². The molecule has 2 aromatic rings. The molecule has 1 heterocycles. The summed E-state index contributed by atoms with van der Waals surface area (Å²) >= 11 is 9.06. The molecular weight excluding hydrogens is 346 g/mol. The molecule has 0 saturated heterocycles. The highest BCUT2D eigenvalue weighted by molar-refractivity contribution is 9.10. The summed E-state index contributed by atoms with van der Waals surface area (Å²) < 4.78 is 11.1. The van der Waals surface area contributed by atoms with Gasteiger partial charge in [-0.1, -0.05) is 6.07 Å². The van der Waals surface area contributed by atoms with Crippen LogP contribution in [0, 0.1) is 0 Å². The topological polar surface area (TPSA) is 51.5 Å². The summed E-state index contributed by atoms with van der Waals surface area (Å²) in [6.07, 6.45) is 0. The van der Waals surface area contributed by atoms with Crippen LogP contribution in [0.15, 0.2) is 39.2 Å². The van der Waals surface area contributed by atoms with Crippen LogP contribution in [0.2, 0.25) is 5.22 Å². The summed E-state index contributed by atoms with van der Waals surface area (Å²) in [5.74, 6) is 0.621. The van der Waals surface area contributed by atoms with Crippen LogP contribution in [0.25, 0.3) is 0 Å². The first-order valence-electron chi connectivity index (χ1n) is 5.91. The molecule has 0 radical (unpaired) electrons. The molecule has 1 unspecified atom stereocenters. The zero-order chi connectivity index (χ0) is 14.7. The van der Waals surface area contributed by atoms with Gasteiger partial charge in [0.2, 0.25) is 0 Å². The summed E-state index contributed by atoms with van der Waals surface area (Å²) in [7, 11) is 1.60. The molecule has 0 spiro atoms. The zero-order valence-corrected chi connectivity index (χ0v) is 13.3. The minimum absolute atomic E-state index is 0.173. The van der Waals surface area contributed by atoms with Crippen LogP contribution in [0.1, 0.15) is 29.1 Å². The molecule has 1 N–H and O–H groups in total. The first kappa shape index (κ1) is 14.9. The molecule has 0 aliphatic heterocycles. The van der Waals surface area contributed by atoms with Crippen molar-refractivity contribution in [2.45, 2.75) is 13.0 Å². The molecule has 1 aromatic heterocycles. The number of carbonyl (C=O) groups is 1. The Labute approximate surface area is 130 Å². The Morgan fingerprint density at radius 1 is 1.40 bits per heavy atom. The predicted molar refractivity (Wildman–Crippen MR) is 80.3 cm³/mol. The fraction of sp³-hybridized carbons (Fsp3) is 0.214. The molecule has 0 aliphatic rings. The zero-order valence-electron chi connectivity index (χ0n) is 10.9. The average molecular weight is 359 g/mol. The van der Waals surface area contributed by atoms with Crippen molar-refractivity contribution in [3.8, 4) is 5.75 Å². The summed E-state index contributed by atoms with van der Waals surface area (Å²) in [6.45, 7) is 1.89. The molecule has 0 fully saturated rings. The van der Waals surface area contributed by atoms with E-state index < -0.39 is 0 Å². The molecule has 106 valence electrons.